The van der Waals surface area contributed by atoms with Crippen molar-refractivity contribution in [2.45, 2.75) is 58.7 Å². The molecule has 0 aromatic carbocycles. The maximum Gasteiger partial charge on any atom is 0.237 e. The second kappa shape index (κ2) is 5.17. The highest BCUT2D eigenvalue weighted by atomic mass is 16.5. The minimum Gasteiger partial charge on any atom is -0.382 e. The average Bonchev–Trinajstić information content (AvgIpc) is 2.13. The van der Waals surface area contributed by atoms with Gasteiger partial charge in [-0.15, -0.1) is 0 Å². The summed E-state index contributed by atoms with van der Waals surface area (Å²) >= 11 is 0. The number of nitrogens with zero attached hydrogens (tertiary/aromatic N) is 2. The first-order valence-electron chi connectivity index (χ1n) is 6.63. The van der Waals surface area contributed by atoms with Crippen molar-refractivity contribution in [3.63, 3.8) is 0 Å². The molecule has 18 heavy (non-hydrogen) atoms. The largest absolute Gasteiger partial charge is 0.382 e. The summed E-state index contributed by atoms with van der Waals surface area (Å²) in [6, 6.07) is 0.135. The Kier molecular flexibility index (Phi) is 4.44. The molecule has 0 bridgehead atoms. The number of carbonyl (C=O) groups is 1. The van der Waals surface area contributed by atoms with Crippen LogP contribution in [0.5, 0.6) is 0 Å². The summed E-state index contributed by atoms with van der Waals surface area (Å²) in [6.45, 7) is 14.7. The van der Waals surface area contributed by atoms with Crippen LogP contribution in [0.25, 0.3) is 0 Å². The Morgan fingerprint density at radius 1 is 1.17 bits per heavy atom. The zero-order chi connectivity index (χ0) is 14.1. The molecule has 1 aliphatic rings. The third kappa shape index (κ3) is 3.45. The summed E-state index contributed by atoms with van der Waals surface area (Å²) in [5.41, 5.74) is -0.129. The van der Waals surface area contributed by atoms with Crippen molar-refractivity contribution >= 4 is 5.91 Å². The van der Waals surface area contributed by atoms with Crippen molar-refractivity contribution in [2.24, 2.45) is 0 Å². The molecule has 0 spiro atoms. The minimum atomic E-state index is -0.149. The van der Waals surface area contributed by atoms with E-state index in [0.29, 0.717) is 13.2 Å². The van der Waals surface area contributed by atoms with E-state index in [1.165, 1.54) is 0 Å². The Balaban J connectivity index is 2.94. The maximum absolute atomic E-state index is 12.4. The number of amides is 1. The molecule has 0 saturated carbocycles. The van der Waals surface area contributed by atoms with Gasteiger partial charge in [-0.3, -0.25) is 9.69 Å². The third-order valence-corrected chi connectivity index (χ3v) is 3.42. The molecule has 4 nitrogen and oxygen atoms in total. The second-order valence-corrected chi connectivity index (χ2v) is 7.10. The van der Waals surface area contributed by atoms with E-state index in [-0.39, 0.29) is 23.0 Å². The van der Waals surface area contributed by atoms with Gasteiger partial charge in [-0.25, -0.2) is 0 Å². The lowest BCUT2D eigenvalue weighted by atomic mass is 9.96. The quantitative estimate of drug-likeness (QED) is 0.754. The monoisotopic (exact) mass is 256 g/mol. The number of piperazine rings is 1. The van der Waals surface area contributed by atoms with Crippen LogP contribution in [0.4, 0.5) is 0 Å². The van der Waals surface area contributed by atoms with Gasteiger partial charge in [0, 0.05) is 24.7 Å². The van der Waals surface area contributed by atoms with Gasteiger partial charge in [-0.05, 0) is 41.5 Å². The lowest BCUT2D eigenvalue weighted by Crippen LogP contribution is -2.66. The Morgan fingerprint density at radius 2 is 1.72 bits per heavy atom. The van der Waals surface area contributed by atoms with E-state index in [2.05, 4.69) is 46.4 Å². The molecule has 1 aliphatic heterocycles. The maximum atomic E-state index is 12.4. The van der Waals surface area contributed by atoms with Gasteiger partial charge in [0.15, 0.2) is 0 Å². The zero-order valence-electron chi connectivity index (χ0n) is 12.9. The highest BCUT2D eigenvalue weighted by Crippen LogP contribution is 2.26. The Hall–Kier alpha value is -0.610. The first kappa shape index (κ1) is 15.4. The minimum absolute atomic E-state index is 0.0195. The molecule has 0 N–H and O–H groups in total. The lowest BCUT2D eigenvalue weighted by Gasteiger charge is -2.50. The number of methoxy groups -OCH3 is 1. The zero-order valence-corrected chi connectivity index (χ0v) is 12.9. The van der Waals surface area contributed by atoms with Crippen molar-refractivity contribution in [3.8, 4) is 0 Å². The van der Waals surface area contributed by atoms with E-state index in [4.69, 9.17) is 4.74 Å². The fourth-order valence-corrected chi connectivity index (χ4v) is 2.60. The average molecular weight is 256 g/mol. The Bertz CT molecular complexity index is 302. The fraction of sp³-hybridized carbons (Fsp3) is 0.929. The number of rotatable bonds is 2. The Morgan fingerprint density at radius 3 is 2.11 bits per heavy atom. The summed E-state index contributed by atoms with van der Waals surface area (Å²) in [7, 11) is 1.70. The molecule has 0 aliphatic carbocycles. The third-order valence-electron chi connectivity index (χ3n) is 3.42. The summed E-state index contributed by atoms with van der Waals surface area (Å²) in [5.74, 6) is 0.200. The lowest BCUT2D eigenvalue weighted by molar-refractivity contribution is -0.152. The van der Waals surface area contributed by atoms with E-state index >= 15 is 0 Å². The van der Waals surface area contributed by atoms with Gasteiger partial charge in [-0.1, -0.05) is 0 Å². The number of carbonyl (C=O) groups excluding carboxylic acids is 1. The highest BCUT2D eigenvalue weighted by molar-refractivity contribution is 5.80. The van der Waals surface area contributed by atoms with E-state index in [1.54, 1.807) is 7.11 Å². The molecule has 1 atom stereocenters. The Labute approximate surface area is 111 Å². The van der Waals surface area contributed by atoms with Crippen LogP contribution in [0.2, 0.25) is 0 Å². The van der Waals surface area contributed by atoms with E-state index in [9.17, 15) is 4.79 Å². The molecule has 1 unspecified atom stereocenters. The molecule has 0 aromatic heterocycles. The van der Waals surface area contributed by atoms with Crippen LogP contribution in [-0.4, -0.2) is 59.6 Å². The van der Waals surface area contributed by atoms with Gasteiger partial charge >= 0.3 is 0 Å². The first-order valence-corrected chi connectivity index (χ1v) is 6.63. The van der Waals surface area contributed by atoms with Gasteiger partial charge in [0.1, 0.15) is 0 Å². The second-order valence-electron chi connectivity index (χ2n) is 7.10. The summed E-state index contributed by atoms with van der Waals surface area (Å²) in [4.78, 5) is 16.6. The molecule has 0 radical (unpaired) electrons. The highest BCUT2D eigenvalue weighted by Gasteiger charge is 2.41. The standard InChI is InChI=1S/C14H28N2O2/c1-13(2,3)15-8-11(10-18-7)16(12(17)9-15)14(4,5)6/h11H,8-10H2,1-7H3. The molecule has 1 rings (SSSR count). The van der Waals surface area contributed by atoms with Gasteiger partial charge in [-0.2, -0.15) is 0 Å². The molecular formula is C14H28N2O2. The normalized spacial score (nSPS) is 23.6. The van der Waals surface area contributed by atoms with Crippen LogP contribution >= 0.6 is 0 Å². The fourth-order valence-electron chi connectivity index (χ4n) is 2.60. The topological polar surface area (TPSA) is 32.8 Å². The molecular weight excluding hydrogens is 228 g/mol. The summed E-state index contributed by atoms with van der Waals surface area (Å²) in [6.07, 6.45) is 0. The molecule has 1 heterocycles. The summed E-state index contributed by atoms with van der Waals surface area (Å²) in [5, 5.41) is 0. The van der Waals surface area contributed by atoms with E-state index < -0.39 is 0 Å². The first-order chi connectivity index (χ1) is 8.07. The molecule has 4 heteroatoms. The molecule has 106 valence electrons. The number of hydrogen-bond acceptors (Lipinski definition) is 3. The predicted octanol–water partition coefficient (Wildman–Crippen LogP) is 1.74. The van der Waals surface area contributed by atoms with Crippen LogP contribution < -0.4 is 0 Å². The van der Waals surface area contributed by atoms with Gasteiger partial charge < -0.3 is 9.64 Å². The van der Waals surface area contributed by atoms with Crippen LogP contribution in [0.15, 0.2) is 0 Å². The molecule has 1 fully saturated rings. The SMILES string of the molecule is COCC1CN(C(C)(C)C)CC(=O)N1C(C)(C)C. The van der Waals surface area contributed by atoms with Gasteiger partial charge in [0.2, 0.25) is 5.91 Å². The van der Waals surface area contributed by atoms with Crippen LogP contribution in [0, 0.1) is 0 Å². The smallest absolute Gasteiger partial charge is 0.237 e. The van der Waals surface area contributed by atoms with Crippen LogP contribution in [-0.2, 0) is 9.53 Å². The number of ether oxygens (including phenoxy) is 1. The number of hydrogen-bond donors (Lipinski definition) is 0. The van der Waals surface area contributed by atoms with Crippen molar-refractivity contribution in [1.82, 2.24) is 9.80 Å². The van der Waals surface area contributed by atoms with E-state index in [1.807, 2.05) is 4.90 Å². The molecule has 1 saturated heterocycles. The van der Waals surface area contributed by atoms with Gasteiger partial charge in [0.05, 0.1) is 19.2 Å². The van der Waals surface area contributed by atoms with Gasteiger partial charge in [0.25, 0.3) is 0 Å². The molecule has 0 aromatic rings. The summed E-state index contributed by atoms with van der Waals surface area (Å²) < 4.78 is 5.30. The molecule has 1 amide bonds. The van der Waals surface area contributed by atoms with Crippen LogP contribution in [0.3, 0.4) is 0 Å². The predicted molar refractivity (Wildman–Crippen MR) is 73.6 cm³/mol. The van der Waals surface area contributed by atoms with Crippen LogP contribution in [0.1, 0.15) is 41.5 Å². The van der Waals surface area contributed by atoms with E-state index in [0.717, 1.165) is 6.54 Å². The van der Waals surface area contributed by atoms with Crippen molar-refractivity contribution in [3.05, 3.63) is 0 Å². The van der Waals surface area contributed by atoms with Crippen molar-refractivity contribution in [2.75, 3.05) is 26.8 Å². The van der Waals surface area contributed by atoms with Crippen molar-refractivity contribution in [1.29, 1.82) is 0 Å². The van der Waals surface area contributed by atoms with Crippen molar-refractivity contribution < 1.29 is 9.53 Å².